The minimum atomic E-state index is -5.75. The highest BCUT2D eigenvalue weighted by molar-refractivity contribution is 7.87. The average Bonchev–Trinajstić information content (AvgIpc) is 2.16. The molecule has 1 spiro atoms. The molecule has 2 aliphatic carbocycles. The van der Waals surface area contributed by atoms with Crippen molar-refractivity contribution in [3.8, 4) is 0 Å². The SMILES string of the molecule is O=C(O)C1(C(=O)O)CC2(C=C(OS(=O)(=O)C(F)(F)F)C2)C1. The molecule has 1 saturated carbocycles. The van der Waals surface area contributed by atoms with Crippen LogP contribution >= 0.6 is 0 Å². The van der Waals surface area contributed by atoms with Gasteiger partial charge in [-0.2, -0.15) is 21.6 Å². The van der Waals surface area contributed by atoms with Crippen LogP contribution in [0.5, 0.6) is 0 Å². The predicted molar refractivity (Wildman–Crippen MR) is 58.1 cm³/mol. The highest BCUT2D eigenvalue weighted by atomic mass is 32.2. The van der Waals surface area contributed by atoms with Crippen molar-refractivity contribution < 1.29 is 45.6 Å². The summed E-state index contributed by atoms with van der Waals surface area (Å²) < 4.78 is 61.6. The van der Waals surface area contributed by atoms with E-state index < -0.39 is 44.2 Å². The number of carbonyl (C=O) groups is 2. The molecule has 0 radical (unpaired) electrons. The summed E-state index contributed by atoms with van der Waals surface area (Å²) in [6.45, 7) is 0. The lowest BCUT2D eigenvalue weighted by atomic mass is 9.48. The van der Waals surface area contributed by atoms with Crippen molar-refractivity contribution in [2.75, 3.05) is 0 Å². The van der Waals surface area contributed by atoms with Gasteiger partial charge >= 0.3 is 27.6 Å². The smallest absolute Gasteiger partial charge is 0.480 e. The van der Waals surface area contributed by atoms with Crippen LogP contribution in [0.1, 0.15) is 19.3 Å². The van der Waals surface area contributed by atoms with Gasteiger partial charge < -0.3 is 14.4 Å². The Kier molecular flexibility index (Phi) is 3.06. The minimum Gasteiger partial charge on any atom is -0.480 e. The van der Waals surface area contributed by atoms with E-state index in [0.717, 1.165) is 6.08 Å². The maximum Gasteiger partial charge on any atom is 0.534 e. The number of allylic oxidation sites excluding steroid dienone is 2. The zero-order valence-corrected chi connectivity index (χ0v) is 11.0. The highest BCUT2D eigenvalue weighted by Gasteiger charge is 2.66. The Morgan fingerprint density at radius 2 is 1.62 bits per heavy atom. The summed E-state index contributed by atoms with van der Waals surface area (Å²) in [6, 6.07) is 0. The molecule has 0 bridgehead atoms. The van der Waals surface area contributed by atoms with Crippen LogP contribution in [0.2, 0.25) is 0 Å². The van der Waals surface area contributed by atoms with E-state index in [1.165, 1.54) is 0 Å². The van der Waals surface area contributed by atoms with Crippen LogP contribution in [0.15, 0.2) is 11.8 Å². The topological polar surface area (TPSA) is 118 Å². The van der Waals surface area contributed by atoms with Gasteiger partial charge in [0, 0.05) is 11.8 Å². The molecule has 0 aromatic carbocycles. The fourth-order valence-corrected chi connectivity index (χ4v) is 3.16. The summed E-state index contributed by atoms with van der Waals surface area (Å²) in [6.07, 6.45) is 0.165. The molecule has 118 valence electrons. The molecule has 2 aliphatic rings. The maximum atomic E-state index is 12.1. The van der Waals surface area contributed by atoms with E-state index in [1.807, 2.05) is 0 Å². The van der Waals surface area contributed by atoms with Gasteiger partial charge in [0.05, 0.1) is 0 Å². The molecule has 2 rings (SSSR count). The van der Waals surface area contributed by atoms with E-state index in [-0.39, 0.29) is 19.3 Å². The van der Waals surface area contributed by atoms with E-state index >= 15 is 0 Å². The van der Waals surface area contributed by atoms with Gasteiger partial charge in [-0.15, -0.1) is 0 Å². The van der Waals surface area contributed by atoms with E-state index in [4.69, 9.17) is 10.2 Å². The third-order valence-electron chi connectivity index (χ3n) is 3.62. The number of aliphatic carboxylic acids is 2. The van der Waals surface area contributed by atoms with Crippen LogP contribution in [-0.4, -0.2) is 36.1 Å². The summed E-state index contributed by atoms with van der Waals surface area (Å²) in [5, 5.41) is 17.8. The lowest BCUT2D eigenvalue weighted by Gasteiger charge is -2.54. The van der Waals surface area contributed by atoms with Gasteiger partial charge in [-0.3, -0.25) is 9.59 Å². The molecule has 1 fully saturated rings. The van der Waals surface area contributed by atoms with Gasteiger partial charge in [-0.1, -0.05) is 0 Å². The van der Waals surface area contributed by atoms with E-state index in [0.29, 0.717) is 0 Å². The van der Waals surface area contributed by atoms with Crippen LogP contribution in [0, 0.1) is 10.8 Å². The maximum absolute atomic E-state index is 12.1. The second-order valence-corrected chi connectivity index (χ2v) is 6.72. The van der Waals surface area contributed by atoms with Crippen LogP contribution in [0.3, 0.4) is 0 Å². The third-order valence-corrected chi connectivity index (χ3v) is 4.62. The first kappa shape index (κ1) is 15.6. The molecule has 0 saturated heterocycles. The zero-order chi connectivity index (χ0) is 16.3. The fraction of sp³-hybridized carbons (Fsp3) is 0.600. The molecule has 0 unspecified atom stereocenters. The van der Waals surface area contributed by atoms with Crippen molar-refractivity contribution in [2.24, 2.45) is 10.8 Å². The number of alkyl halides is 3. The summed E-state index contributed by atoms with van der Waals surface area (Å²) in [7, 11) is -5.75. The first-order chi connectivity index (χ1) is 9.34. The number of hydrogen-bond acceptors (Lipinski definition) is 5. The minimum absolute atomic E-state index is 0.245. The van der Waals surface area contributed by atoms with Crippen LogP contribution in [-0.2, 0) is 23.9 Å². The summed E-state index contributed by atoms with van der Waals surface area (Å²) in [5.41, 5.74) is -8.46. The lowest BCUT2D eigenvalue weighted by Crippen LogP contribution is -2.57. The van der Waals surface area contributed by atoms with Crippen molar-refractivity contribution in [2.45, 2.75) is 24.8 Å². The van der Waals surface area contributed by atoms with Crippen LogP contribution in [0.25, 0.3) is 0 Å². The van der Waals surface area contributed by atoms with Crippen LogP contribution in [0.4, 0.5) is 13.2 Å². The van der Waals surface area contributed by atoms with Crippen molar-refractivity contribution in [3.05, 3.63) is 11.8 Å². The van der Waals surface area contributed by atoms with Gasteiger partial charge in [0.25, 0.3) is 0 Å². The molecular formula is C10H9F3O7S. The molecule has 11 heteroatoms. The molecule has 0 aromatic heterocycles. The molecular weight excluding hydrogens is 321 g/mol. The average molecular weight is 330 g/mol. The standard InChI is InChI=1S/C10H9F3O7S/c11-10(12,13)21(18,19)20-5-1-8(2-5)3-9(4-8,6(14)15)7(16)17/h1H,2-4H2,(H,14,15)(H,16,17). The summed E-state index contributed by atoms with van der Waals surface area (Å²) in [4.78, 5) is 21.9. The van der Waals surface area contributed by atoms with Crippen molar-refractivity contribution in [3.63, 3.8) is 0 Å². The fourth-order valence-electron chi connectivity index (χ4n) is 2.67. The van der Waals surface area contributed by atoms with E-state index in [9.17, 15) is 31.2 Å². The summed E-state index contributed by atoms with van der Waals surface area (Å²) >= 11 is 0. The largest absolute Gasteiger partial charge is 0.534 e. The third kappa shape index (κ3) is 2.24. The Hall–Kier alpha value is -1.78. The monoisotopic (exact) mass is 330 g/mol. The normalized spacial score (nSPS) is 22.7. The zero-order valence-electron chi connectivity index (χ0n) is 10.2. The molecule has 21 heavy (non-hydrogen) atoms. The quantitative estimate of drug-likeness (QED) is 0.450. The number of rotatable bonds is 4. The Labute approximate surface area is 116 Å². The van der Waals surface area contributed by atoms with E-state index in [1.54, 1.807) is 0 Å². The Balaban J connectivity index is 2.07. The van der Waals surface area contributed by atoms with Crippen LogP contribution < -0.4 is 0 Å². The van der Waals surface area contributed by atoms with Gasteiger partial charge in [0.15, 0.2) is 5.41 Å². The Bertz CT molecular complexity index is 624. The Morgan fingerprint density at radius 1 is 1.19 bits per heavy atom. The molecule has 0 atom stereocenters. The molecule has 7 nitrogen and oxygen atoms in total. The molecule has 0 heterocycles. The second kappa shape index (κ2) is 4.12. The number of carboxylic acid groups (broad SMARTS) is 2. The van der Waals surface area contributed by atoms with Gasteiger partial charge in [-0.25, -0.2) is 0 Å². The van der Waals surface area contributed by atoms with Crippen molar-refractivity contribution >= 4 is 22.1 Å². The number of hydrogen-bond donors (Lipinski definition) is 2. The molecule has 0 amide bonds. The number of halogens is 3. The lowest BCUT2D eigenvalue weighted by molar-refractivity contribution is -0.182. The van der Waals surface area contributed by atoms with Crippen molar-refractivity contribution in [1.29, 1.82) is 0 Å². The van der Waals surface area contributed by atoms with Gasteiger partial charge in [-0.05, 0) is 18.9 Å². The Morgan fingerprint density at radius 3 is 1.95 bits per heavy atom. The van der Waals surface area contributed by atoms with Gasteiger partial charge in [0.2, 0.25) is 0 Å². The predicted octanol–water partition coefficient (Wildman–Crippen LogP) is 1.08. The molecule has 0 aromatic rings. The van der Waals surface area contributed by atoms with Gasteiger partial charge in [0.1, 0.15) is 5.76 Å². The second-order valence-electron chi connectivity index (χ2n) is 5.18. The molecule has 0 aliphatic heterocycles. The molecule has 2 N–H and O–H groups in total. The highest BCUT2D eigenvalue weighted by Crippen LogP contribution is 2.63. The summed E-state index contributed by atoms with van der Waals surface area (Å²) in [5.74, 6) is -3.53. The first-order valence-corrected chi connectivity index (χ1v) is 6.94. The van der Waals surface area contributed by atoms with Crippen molar-refractivity contribution in [1.82, 2.24) is 0 Å². The van der Waals surface area contributed by atoms with E-state index in [2.05, 4.69) is 4.18 Å². The first-order valence-electron chi connectivity index (χ1n) is 5.53. The number of carboxylic acids is 2.